The number of rotatable bonds is 0. The molecule has 0 aromatic carbocycles. The van der Waals surface area contributed by atoms with E-state index >= 15 is 0 Å². The molecule has 0 aromatic heterocycles. The van der Waals surface area contributed by atoms with Crippen LogP contribution in [0.5, 0.6) is 0 Å². The first-order valence-corrected chi connectivity index (χ1v) is 8.98. The Kier molecular flexibility index (Phi) is 3.05. The number of aliphatic hydroxyl groups is 1. The second-order valence-corrected chi connectivity index (χ2v) is 8.81. The number of carbonyl (C=O) groups is 1. The molecule has 0 unspecified atom stereocenters. The third-order valence-corrected chi connectivity index (χ3v) is 7.83. The Hall–Kier alpha value is -0.890. The van der Waals surface area contributed by atoms with E-state index in [2.05, 4.69) is 26.8 Å². The maximum Gasteiger partial charge on any atom is 0.178 e. The van der Waals surface area contributed by atoms with E-state index in [4.69, 9.17) is 0 Å². The van der Waals surface area contributed by atoms with Gasteiger partial charge in [0.15, 0.2) is 5.78 Å². The Balaban J connectivity index is 1.71. The van der Waals surface area contributed by atoms with Crippen molar-refractivity contribution >= 4 is 5.78 Å². The van der Waals surface area contributed by atoms with Crippen LogP contribution in [0.2, 0.25) is 0 Å². The van der Waals surface area contributed by atoms with Crippen molar-refractivity contribution in [2.75, 3.05) is 0 Å². The Labute approximate surface area is 133 Å². The first kappa shape index (κ1) is 14.7. The summed E-state index contributed by atoms with van der Waals surface area (Å²) >= 11 is 0. The van der Waals surface area contributed by atoms with Gasteiger partial charge in [0.25, 0.3) is 0 Å². The fourth-order valence-corrected chi connectivity index (χ4v) is 6.54. The standard InChI is InChI=1S/C20H28O2/c1-12-10-17-15-5-4-13-11-14(21)6-8-19(13,2)16(15)7-9-20(17,3)18(12)22/h6,8,11-12,15-18,22H,4-5,7,9-10H2,1-3H3/t12-,15+,16-,17-,18+,19-,20-/m0/s1. The van der Waals surface area contributed by atoms with Crippen LogP contribution >= 0.6 is 0 Å². The lowest BCUT2D eigenvalue weighted by Crippen LogP contribution is -2.50. The van der Waals surface area contributed by atoms with Gasteiger partial charge in [-0.1, -0.05) is 32.4 Å². The Morgan fingerprint density at radius 2 is 2.00 bits per heavy atom. The lowest BCUT2D eigenvalue weighted by molar-refractivity contribution is -0.111. The number of allylic oxidation sites excluding steroid dienone is 4. The topological polar surface area (TPSA) is 37.3 Å². The van der Waals surface area contributed by atoms with Crippen molar-refractivity contribution in [2.24, 2.45) is 34.5 Å². The van der Waals surface area contributed by atoms with E-state index < -0.39 is 0 Å². The molecule has 4 aliphatic rings. The van der Waals surface area contributed by atoms with Crippen LogP contribution in [0.1, 0.15) is 52.9 Å². The molecule has 0 heterocycles. The highest BCUT2D eigenvalue weighted by Crippen LogP contribution is 2.65. The molecule has 22 heavy (non-hydrogen) atoms. The molecular formula is C20H28O2. The third-order valence-electron chi connectivity index (χ3n) is 7.83. The summed E-state index contributed by atoms with van der Waals surface area (Å²) in [4.78, 5) is 11.7. The minimum absolute atomic E-state index is 0.0783. The minimum Gasteiger partial charge on any atom is -0.392 e. The second kappa shape index (κ2) is 4.56. The highest BCUT2D eigenvalue weighted by molar-refractivity contribution is 6.01. The Bertz CT molecular complexity index is 574. The lowest BCUT2D eigenvalue weighted by atomic mass is 9.48. The van der Waals surface area contributed by atoms with Crippen molar-refractivity contribution in [1.29, 1.82) is 0 Å². The smallest absolute Gasteiger partial charge is 0.178 e. The molecule has 2 nitrogen and oxygen atoms in total. The van der Waals surface area contributed by atoms with Crippen LogP contribution in [0.3, 0.4) is 0 Å². The SMILES string of the molecule is C[C@H]1C[C@H]2[C@@H]3CCC4=CC(=O)C=C[C@]4(C)[C@H]3CC[C@]2(C)[C@@H]1O. The molecule has 0 radical (unpaired) electrons. The predicted molar refractivity (Wildman–Crippen MR) is 87.2 cm³/mol. The molecule has 3 fully saturated rings. The zero-order valence-corrected chi connectivity index (χ0v) is 14.0. The molecule has 1 N–H and O–H groups in total. The Morgan fingerprint density at radius 1 is 1.23 bits per heavy atom. The van der Waals surface area contributed by atoms with Crippen LogP contribution in [0.4, 0.5) is 0 Å². The first-order chi connectivity index (χ1) is 10.4. The van der Waals surface area contributed by atoms with Crippen molar-refractivity contribution in [3.8, 4) is 0 Å². The van der Waals surface area contributed by atoms with Crippen LogP contribution in [0.25, 0.3) is 0 Å². The van der Waals surface area contributed by atoms with E-state index in [0.717, 1.165) is 12.8 Å². The molecule has 0 aliphatic heterocycles. The summed E-state index contributed by atoms with van der Waals surface area (Å²) in [5, 5.41) is 10.7. The molecule has 0 aromatic rings. The molecule has 4 rings (SSSR count). The van der Waals surface area contributed by atoms with Crippen LogP contribution in [0, 0.1) is 34.5 Å². The predicted octanol–water partition coefficient (Wildman–Crippen LogP) is 3.90. The summed E-state index contributed by atoms with van der Waals surface area (Å²) in [5.74, 6) is 2.60. The van der Waals surface area contributed by atoms with E-state index in [9.17, 15) is 9.90 Å². The van der Waals surface area contributed by atoms with E-state index in [-0.39, 0.29) is 22.7 Å². The maximum atomic E-state index is 11.7. The van der Waals surface area contributed by atoms with Gasteiger partial charge in [0.05, 0.1) is 6.10 Å². The second-order valence-electron chi connectivity index (χ2n) is 8.81. The molecule has 0 saturated heterocycles. The van der Waals surface area contributed by atoms with Crippen LogP contribution in [-0.4, -0.2) is 17.0 Å². The number of hydrogen-bond donors (Lipinski definition) is 1. The Morgan fingerprint density at radius 3 is 2.77 bits per heavy atom. The highest BCUT2D eigenvalue weighted by atomic mass is 16.3. The number of aliphatic hydroxyl groups excluding tert-OH is 1. The van der Waals surface area contributed by atoms with Crippen molar-refractivity contribution in [3.63, 3.8) is 0 Å². The van der Waals surface area contributed by atoms with Crippen LogP contribution < -0.4 is 0 Å². The lowest BCUT2D eigenvalue weighted by Gasteiger charge is -2.56. The highest BCUT2D eigenvalue weighted by Gasteiger charge is 2.59. The minimum atomic E-state index is -0.133. The zero-order valence-electron chi connectivity index (χ0n) is 14.0. The van der Waals surface area contributed by atoms with Gasteiger partial charge in [0.1, 0.15) is 0 Å². The average Bonchev–Trinajstić information content (AvgIpc) is 2.72. The molecule has 0 spiro atoms. The molecular weight excluding hydrogens is 272 g/mol. The van der Waals surface area contributed by atoms with E-state index in [1.54, 1.807) is 6.08 Å². The van der Waals surface area contributed by atoms with Crippen LogP contribution in [0.15, 0.2) is 23.8 Å². The van der Waals surface area contributed by atoms with Gasteiger partial charge >= 0.3 is 0 Å². The number of fused-ring (bicyclic) bond motifs is 5. The van der Waals surface area contributed by atoms with Crippen molar-refractivity contribution < 1.29 is 9.90 Å². The summed E-state index contributed by atoms with van der Waals surface area (Å²) in [6.45, 7) is 6.89. The third kappa shape index (κ3) is 1.73. The monoisotopic (exact) mass is 300 g/mol. The van der Waals surface area contributed by atoms with Gasteiger partial charge in [0.2, 0.25) is 0 Å². The van der Waals surface area contributed by atoms with E-state index in [1.165, 1.54) is 24.8 Å². The number of ketones is 1. The fourth-order valence-electron chi connectivity index (χ4n) is 6.54. The van der Waals surface area contributed by atoms with Gasteiger partial charge in [-0.15, -0.1) is 0 Å². The molecule has 0 bridgehead atoms. The van der Waals surface area contributed by atoms with E-state index in [0.29, 0.717) is 23.7 Å². The van der Waals surface area contributed by atoms with Crippen molar-refractivity contribution in [3.05, 3.63) is 23.8 Å². The molecule has 3 saturated carbocycles. The molecule has 0 amide bonds. The van der Waals surface area contributed by atoms with Gasteiger partial charge in [0, 0.05) is 5.41 Å². The zero-order chi connectivity index (χ0) is 15.7. The molecule has 2 heteroatoms. The van der Waals surface area contributed by atoms with Gasteiger partial charge in [-0.3, -0.25) is 4.79 Å². The summed E-state index contributed by atoms with van der Waals surface area (Å²) < 4.78 is 0. The molecule has 120 valence electrons. The number of carbonyl (C=O) groups excluding carboxylic acids is 1. The van der Waals surface area contributed by atoms with Crippen LogP contribution in [-0.2, 0) is 4.79 Å². The molecule has 7 atom stereocenters. The van der Waals surface area contributed by atoms with Gasteiger partial charge < -0.3 is 5.11 Å². The van der Waals surface area contributed by atoms with Gasteiger partial charge in [-0.2, -0.15) is 0 Å². The summed E-state index contributed by atoms with van der Waals surface area (Å²) in [6, 6.07) is 0. The average molecular weight is 300 g/mol. The molecule has 4 aliphatic carbocycles. The van der Waals surface area contributed by atoms with Crippen molar-refractivity contribution in [2.45, 2.75) is 59.0 Å². The van der Waals surface area contributed by atoms with Crippen molar-refractivity contribution in [1.82, 2.24) is 0 Å². The maximum absolute atomic E-state index is 11.7. The largest absolute Gasteiger partial charge is 0.392 e. The normalized spacial score (nSPS) is 53.5. The first-order valence-electron chi connectivity index (χ1n) is 8.98. The number of hydrogen-bond acceptors (Lipinski definition) is 2. The summed E-state index contributed by atoms with van der Waals surface area (Å²) in [6.07, 6.45) is 11.5. The van der Waals surface area contributed by atoms with E-state index in [1.807, 2.05) is 6.08 Å². The van der Waals surface area contributed by atoms with Gasteiger partial charge in [-0.05, 0) is 73.3 Å². The summed E-state index contributed by atoms with van der Waals surface area (Å²) in [7, 11) is 0. The fraction of sp³-hybridized carbons (Fsp3) is 0.750. The quantitative estimate of drug-likeness (QED) is 0.736. The van der Waals surface area contributed by atoms with Gasteiger partial charge in [-0.25, -0.2) is 0 Å². The summed E-state index contributed by atoms with van der Waals surface area (Å²) in [5.41, 5.74) is 1.55.